The first-order chi connectivity index (χ1) is 5.33. The number of ether oxygens (including phenoxy) is 1. The molecule has 4 heteroatoms. The van der Waals surface area contributed by atoms with Crippen molar-refractivity contribution in [3.05, 3.63) is 24.5 Å². The summed E-state index contributed by atoms with van der Waals surface area (Å²) in [6.45, 7) is 0. The fraction of sp³-hybridized carbons (Fsp3) is 0.143. The molecular weight excluding hydrogens is 178 g/mol. The number of hydrogen-bond acceptors (Lipinski definition) is 4. The van der Waals surface area contributed by atoms with E-state index in [-0.39, 0.29) is 0 Å². The fourth-order valence-corrected chi connectivity index (χ4v) is 0.821. The van der Waals surface area contributed by atoms with Gasteiger partial charge in [0.15, 0.2) is 0 Å². The minimum atomic E-state index is 0.512. The van der Waals surface area contributed by atoms with Crippen LogP contribution in [-0.2, 0) is 0 Å². The van der Waals surface area contributed by atoms with Crippen LogP contribution in [0.25, 0.3) is 0 Å². The molecule has 0 atom stereocenters. The van der Waals surface area contributed by atoms with Crippen molar-refractivity contribution in [1.82, 2.24) is 4.98 Å². The van der Waals surface area contributed by atoms with Crippen molar-refractivity contribution < 1.29 is 4.74 Å². The molecule has 2 nitrogen and oxygen atoms in total. The lowest BCUT2D eigenvalue weighted by Gasteiger charge is -2.01. The summed E-state index contributed by atoms with van der Waals surface area (Å²) in [5.41, 5.74) is 0. The molecule has 0 radical (unpaired) electrons. The SMILES string of the molecule is CSC(=S)Oc1cccnc1. The Morgan fingerprint density at radius 2 is 2.55 bits per heavy atom. The van der Waals surface area contributed by atoms with E-state index >= 15 is 0 Å². The molecule has 1 rings (SSSR count). The molecule has 0 amide bonds. The van der Waals surface area contributed by atoms with Gasteiger partial charge in [0.2, 0.25) is 4.38 Å². The molecule has 0 saturated heterocycles. The van der Waals surface area contributed by atoms with Gasteiger partial charge in [-0.2, -0.15) is 0 Å². The fourth-order valence-electron chi connectivity index (χ4n) is 0.545. The second-order valence-corrected chi connectivity index (χ2v) is 3.15. The third-order valence-corrected chi connectivity index (χ3v) is 2.00. The molecule has 0 unspecified atom stereocenters. The standard InChI is InChI=1S/C7H7NOS2/c1-11-7(10)9-6-3-2-4-8-5-6/h2-5H,1H3. The number of thiocarbonyl (C=S) groups is 1. The van der Waals surface area contributed by atoms with Gasteiger partial charge in [0, 0.05) is 6.20 Å². The number of rotatable bonds is 1. The molecule has 0 fully saturated rings. The smallest absolute Gasteiger partial charge is 0.225 e. The Hall–Kier alpha value is -0.610. The van der Waals surface area contributed by atoms with E-state index in [4.69, 9.17) is 17.0 Å². The Kier molecular flexibility index (Phi) is 3.32. The van der Waals surface area contributed by atoms with E-state index in [9.17, 15) is 0 Å². The van der Waals surface area contributed by atoms with Crippen LogP contribution in [0.1, 0.15) is 0 Å². The zero-order chi connectivity index (χ0) is 8.10. The zero-order valence-corrected chi connectivity index (χ0v) is 7.61. The maximum absolute atomic E-state index is 5.20. The average molecular weight is 185 g/mol. The molecule has 0 saturated carbocycles. The van der Waals surface area contributed by atoms with Gasteiger partial charge < -0.3 is 4.74 Å². The van der Waals surface area contributed by atoms with Gasteiger partial charge in [-0.1, -0.05) is 11.8 Å². The number of thioether (sulfide) groups is 1. The van der Waals surface area contributed by atoms with Crippen LogP contribution in [0.2, 0.25) is 0 Å². The Labute approximate surface area is 75.0 Å². The van der Waals surface area contributed by atoms with Crippen LogP contribution in [0.5, 0.6) is 5.75 Å². The monoisotopic (exact) mass is 185 g/mol. The highest BCUT2D eigenvalue weighted by molar-refractivity contribution is 8.22. The van der Waals surface area contributed by atoms with E-state index in [0.29, 0.717) is 10.1 Å². The first kappa shape index (κ1) is 8.49. The van der Waals surface area contributed by atoms with Crippen LogP contribution in [0.4, 0.5) is 0 Å². The number of pyridine rings is 1. The third kappa shape index (κ3) is 2.86. The molecule has 0 aliphatic heterocycles. The highest BCUT2D eigenvalue weighted by Gasteiger charge is 1.95. The van der Waals surface area contributed by atoms with E-state index < -0.39 is 0 Å². The summed E-state index contributed by atoms with van der Waals surface area (Å²) in [6, 6.07) is 3.62. The molecule has 0 aromatic carbocycles. The van der Waals surface area contributed by atoms with Crippen molar-refractivity contribution >= 4 is 28.4 Å². The quantitative estimate of drug-likeness (QED) is 0.625. The van der Waals surface area contributed by atoms with Crippen molar-refractivity contribution in [3.63, 3.8) is 0 Å². The number of aromatic nitrogens is 1. The Bertz CT molecular complexity index is 237. The van der Waals surface area contributed by atoms with Gasteiger partial charge in [-0.05, 0) is 30.6 Å². The third-order valence-electron chi connectivity index (χ3n) is 1.00. The molecule has 0 spiro atoms. The van der Waals surface area contributed by atoms with Gasteiger partial charge >= 0.3 is 0 Å². The maximum Gasteiger partial charge on any atom is 0.225 e. The molecule has 1 aromatic heterocycles. The van der Waals surface area contributed by atoms with Gasteiger partial charge in [-0.3, -0.25) is 4.98 Å². The maximum atomic E-state index is 5.20. The topological polar surface area (TPSA) is 22.1 Å². The van der Waals surface area contributed by atoms with Gasteiger partial charge in [0.1, 0.15) is 5.75 Å². The van der Waals surface area contributed by atoms with Crippen LogP contribution in [0, 0.1) is 0 Å². The highest BCUT2D eigenvalue weighted by Crippen LogP contribution is 2.10. The van der Waals surface area contributed by atoms with E-state index in [1.807, 2.05) is 12.3 Å². The molecule has 1 heterocycles. The summed E-state index contributed by atoms with van der Waals surface area (Å²) < 4.78 is 5.71. The van der Waals surface area contributed by atoms with Crippen molar-refractivity contribution in [2.75, 3.05) is 6.26 Å². The predicted octanol–water partition coefficient (Wildman–Crippen LogP) is 2.11. The van der Waals surface area contributed by atoms with Gasteiger partial charge in [0.05, 0.1) is 6.20 Å². The van der Waals surface area contributed by atoms with E-state index in [1.54, 1.807) is 18.5 Å². The molecule has 1 aromatic rings. The summed E-state index contributed by atoms with van der Waals surface area (Å²) in [6.07, 6.45) is 5.19. The van der Waals surface area contributed by atoms with Crippen molar-refractivity contribution in [3.8, 4) is 5.75 Å². The summed E-state index contributed by atoms with van der Waals surface area (Å²) in [7, 11) is 0. The minimum Gasteiger partial charge on any atom is -0.438 e. The van der Waals surface area contributed by atoms with Crippen LogP contribution in [-0.4, -0.2) is 15.6 Å². The van der Waals surface area contributed by atoms with Crippen LogP contribution >= 0.6 is 24.0 Å². The number of nitrogens with zero attached hydrogens (tertiary/aromatic N) is 1. The molecule has 0 aliphatic carbocycles. The molecule has 0 N–H and O–H groups in total. The first-order valence-corrected chi connectivity index (χ1v) is 4.62. The lowest BCUT2D eigenvalue weighted by atomic mass is 10.5. The van der Waals surface area contributed by atoms with Gasteiger partial charge in [-0.25, -0.2) is 0 Å². The normalized spacial score (nSPS) is 9.18. The average Bonchev–Trinajstić information content (AvgIpc) is 2.06. The van der Waals surface area contributed by atoms with Gasteiger partial charge in [-0.15, -0.1) is 0 Å². The molecule has 58 valence electrons. The summed E-state index contributed by atoms with van der Waals surface area (Å²) in [4.78, 5) is 3.88. The van der Waals surface area contributed by atoms with Crippen LogP contribution in [0.15, 0.2) is 24.5 Å². The Morgan fingerprint density at radius 1 is 1.73 bits per heavy atom. The second kappa shape index (κ2) is 4.31. The van der Waals surface area contributed by atoms with Crippen LogP contribution in [0.3, 0.4) is 0 Å². The number of hydrogen-bond donors (Lipinski definition) is 0. The van der Waals surface area contributed by atoms with Crippen molar-refractivity contribution in [2.45, 2.75) is 0 Å². The highest BCUT2D eigenvalue weighted by atomic mass is 32.2. The summed E-state index contributed by atoms with van der Waals surface area (Å²) in [5, 5.41) is 0. The van der Waals surface area contributed by atoms with E-state index in [1.165, 1.54) is 11.8 Å². The van der Waals surface area contributed by atoms with Crippen LogP contribution < -0.4 is 4.74 Å². The van der Waals surface area contributed by atoms with Crippen molar-refractivity contribution in [1.29, 1.82) is 0 Å². The van der Waals surface area contributed by atoms with Gasteiger partial charge in [0.25, 0.3) is 0 Å². The second-order valence-electron chi connectivity index (χ2n) is 1.74. The van der Waals surface area contributed by atoms with E-state index in [2.05, 4.69) is 4.98 Å². The molecule has 0 bridgehead atoms. The first-order valence-electron chi connectivity index (χ1n) is 2.99. The zero-order valence-electron chi connectivity index (χ0n) is 5.98. The largest absolute Gasteiger partial charge is 0.438 e. The van der Waals surface area contributed by atoms with E-state index in [0.717, 1.165) is 0 Å². The lowest BCUT2D eigenvalue weighted by molar-refractivity contribution is 0.576. The Balaban J connectivity index is 2.58. The predicted molar refractivity (Wildman–Crippen MR) is 51.0 cm³/mol. The molecule has 11 heavy (non-hydrogen) atoms. The summed E-state index contributed by atoms with van der Waals surface area (Å²) in [5.74, 6) is 0.687. The molecule has 0 aliphatic rings. The lowest BCUT2D eigenvalue weighted by Crippen LogP contribution is -1.98. The molecular formula is C7H7NOS2. The van der Waals surface area contributed by atoms with Crippen molar-refractivity contribution in [2.24, 2.45) is 0 Å². The summed E-state index contributed by atoms with van der Waals surface area (Å²) >= 11 is 6.25. The Morgan fingerprint density at radius 3 is 3.09 bits per heavy atom. The minimum absolute atomic E-state index is 0.512.